The fourth-order valence-corrected chi connectivity index (χ4v) is 4.03. The molecule has 1 N–H and O–H groups in total. The number of carboxylic acid groups (broad SMARTS) is 1. The molecule has 0 aliphatic rings. The Kier molecular flexibility index (Phi) is 5.60. The number of nitrogens with zero attached hydrogens (tertiary/aromatic N) is 1. The molecule has 1 amide bonds. The normalized spacial score (nSPS) is 11.3. The smallest absolute Gasteiger partial charge is 0.429 e. The molecule has 6 heteroatoms. The Balaban J connectivity index is 2.33. The molecule has 0 radical (unpaired) electrons. The topological polar surface area (TPSA) is 49.7 Å². The minimum atomic E-state index is -1.16. The van der Waals surface area contributed by atoms with E-state index >= 15 is 0 Å². The number of hydrogen-bond donors (Lipinski definition) is 1. The molecule has 0 saturated heterocycles. The van der Waals surface area contributed by atoms with Gasteiger partial charge in [0.05, 0.1) is 0 Å². The van der Waals surface area contributed by atoms with Crippen molar-refractivity contribution in [3.8, 4) is 22.3 Å². The number of halogens is 2. The molecule has 3 aromatic carbocycles. The molecular weight excluding hydrogens is 376 g/mol. The quantitative estimate of drug-likeness (QED) is 0.540. The van der Waals surface area contributed by atoms with Gasteiger partial charge in [-0.2, -0.15) is 4.74 Å². The van der Waals surface area contributed by atoms with Crippen molar-refractivity contribution in [2.24, 2.45) is 4.74 Å². The first-order valence-corrected chi connectivity index (χ1v) is 9.32. The van der Waals surface area contributed by atoms with Crippen molar-refractivity contribution in [1.29, 1.82) is 0 Å². The predicted molar refractivity (Wildman–Crippen MR) is 107 cm³/mol. The Morgan fingerprint density at radius 3 is 1.96 bits per heavy atom. The molecule has 126 valence electrons. The van der Waals surface area contributed by atoms with Gasteiger partial charge in [-0.1, -0.05) is 77.8 Å². The highest BCUT2D eigenvalue weighted by molar-refractivity contribution is 7.37. The molecule has 0 aliphatic heterocycles. The second-order valence-corrected chi connectivity index (χ2v) is 7.22. The SMILES string of the molecule is O=C(O)N=[PH2]c1cccc(-c2ccccc2Cl)c1-c1ccccc1Cl. The van der Waals surface area contributed by atoms with Gasteiger partial charge >= 0.3 is 6.09 Å². The molecule has 0 saturated carbocycles. The fourth-order valence-electron chi connectivity index (χ4n) is 2.67. The third-order valence-electron chi connectivity index (χ3n) is 3.72. The van der Waals surface area contributed by atoms with E-state index in [9.17, 15) is 4.79 Å². The second kappa shape index (κ2) is 7.88. The summed E-state index contributed by atoms with van der Waals surface area (Å²) in [6.45, 7) is 0. The molecule has 0 heterocycles. The van der Waals surface area contributed by atoms with Crippen molar-refractivity contribution in [1.82, 2.24) is 0 Å². The zero-order valence-corrected chi connectivity index (χ0v) is 15.7. The lowest BCUT2D eigenvalue weighted by Gasteiger charge is -2.15. The van der Waals surface area contributed by atoms with Crippen LogP contribution in [0, 0.1) is 0 Å². The summed E-state index contributed by atoms with van der Waals surface area (Å²) in [4.78, 5) is 10.9. The molecule has 0 spiro atoms. The predicted octanol–water partition coefficient (Wildman–Crippen LogP) is 6.23. The highest BCUT2D eigenvalue weighted by Gasteiger charge is 2.15. The first-order valence-electron chi connectivity index (χ1n) is 7.47. The maximum absolute atomic E-state index is 10.9. The number of amides is 1. The van der Waals surface area contributed by atoms with Crippen molar-refractivity contribution < 1.29 is 9.90 Å². The van der Waals surface area contributed by atoms with Gasteiger partial charge in [0.2, 0.25) is 0 Å². The van der Waals surface area contributed by atoms with Gasteiger partial charge in [-0.05, 0) is 36.9 Å². The van der Waals surface area contributed by atoms with Crippen LogP contribution in [0.5, 0.6) is 0 Å². The summed E-state index contributed by atoms with van der Waals surface area (Å²) in [5.74, 6) is 0. The van der Waals surface area contributed by atoms with E-state index in [0.717, 1.165) is 27.6 Å². The summed E-state index contributed by atoms with van der Waals surface area (Å²) in [7, 11) is -0.798. The van der Waals surface area contributed by atoms with Crippen LogP contribution < -0.4 is 5.30 Å². The van der Waals surface area contributed by atoms with Crippen molar-refractivity contribution in [3.05, 3.63) is 76.8 Å². The van der Waals surface area contributed by atoms with Crippen LogP contribution in [-0.4, -0.2) is 11.2 Å². The van der Waals surface area contributed by atoms with E-state index in [1.54, 1.807) is 0 Å². The molecule has 0 fully saturated rings. The Bertz CT molecular complexity index is 973. The van der Waals surface area contributed by atoms with Crippen LogP contribution in [0.1, 0.15) is 0 Å². The molecule has 0 aromatic heterocycles. The van der Waals surface area contributed by atoms with Crippen molar-refractivity contribution >= 4 is 43.0 Å². The van der Waals surface area contributed by atoms with Crippen LogP contribution in [0.25, 0.3) is 22.3 Å². The number of benzene rings is 3. The highest BCUT2D eigenvalue weighted by atomic mass is 35.5. The largest absolute Gasteiger partial charge is 0.463 e. The lowest BCUT2D eigenvalue weighted by atomic mass is 9.94. The average Bonchev–Trinajstić information content (AvgIpc) is 2.61. The van der Waals surface area contributed by atoms with E-state index in [2.05, 4.69) is 4.74 Å². The van der Waals surface area contributed by atoms with E-state index < -0.39 is 14.5 Å². The molecular formula is C19H14Cl2NO2P. The zero-order chi connectivity index (χ0) is 17.8. The van der Waals surface area contributed by atoms with Gasteiger partial charge in [-0.3, -0.25) is 0 Å². The van der Waals surface area contributed by atoms with Crippen molar-refractivity contribution in [2.45, 2.75) is 0 Å². The number of carbonyl (C=O) groups is 1. The summed E-state index contributed by atoms with van der Waals surface area (Å²) in [5, 5.41) is 11.0. The second-order valence-electron chi connectivity index (χ2n) is 5.27. The molecule has 0 bridgehead atoms. The maximum atomic E-state index is 10.9. The summed E-state index contributed by atoms with van der Waals surface area (Å²) in [6.07, 6.45) is -1.16. The summed E-state index contributed by atoms with van der Waals surface area (Å²) >= 11 is 12.8. The van der Waals surface area contributed by atoms with Crippen LogP contribution >= 0.6 is 31.6 Å². The van der Waals surface area contributed by atoms with Crippen molar-refractivity contribution in [3.63, 3.8) is 0 Å². The molecule has 1 atom stereocenters. The van der Waals surface area contributed by atoms with E-state index in [1.807, 2.05) is 66.7 Å². The number of hydrogen-bond acceptors (Lipinski definition) is 1. The Morgan fingerprint density at radius 2 is 1.36 bits per heavy atom. The lowest BCUT2D eigenvalue weighted by molar-refractivity contribution is 0.206. The van der Waals surface area contributed by atoms with Gasteiger partial charge in [0, 0.05) is 21.2 Å². The van der Waals surface area contributed by atoms with Gasteiger partial charge in [-0.15, -0.1) is 0 Å². The third kappa shape index (κ3) is 3.96. The van der Waals surface area contributed by atoms with Gasteiger partial charge in [0.1, 0.15) is 0 Å². The average molecular weight is 390 g/mol. The van der Waals surface area contributed by atoms with E-state index in [-0.39, 0.29) is 0 Å². The minimum Gasteiger partial charge on any atom is -0.463 e. The van der Waals surface area contributed by atoms with Gasteiger partial charge in [0.25, 0.3) is 0 Å². The molecule has 1 unspecified atom stereocenters. The molecule has 25 heavy (non-hydrogen) atoms. The maximum Gasteiger partial charge on any atom is 0.429 e. The van der Waals surface area contributed by atoms with Crippen LogP contribution in [0.4, 0.5) is 4.79 Å². The van der Waals surface area contributed by atoms with Crippen molar-refractivity contribution in [2.75, 3.05) is 0 Å². The standard InChI is InChI=1S/C19H14Cl2NO2P/c20-15-9-3-1-6-12(15)13-8-5-11-17(25-22-19(23)24)18(13)14-7-2-4-10-16(14)21/h1-11H,25H2,(H,23,24). The molecule has 0 aliphatic carbocycles. The van der Waals surface area contributed by atoms with Gasteiger partial charge < -0.3 is 5.11 Å². The van der Waals surface area contributed by atoms with E-state index in [4.69, 9.17) is 28.3 Å². The van der Waals surface area contributed by atoms with Crippen LogP contribution in [0.3, 0.4) is 0 Å². The van der Waals surface area contributed by atoms with Crippen LogP contribution in [0.2, 0.25) is 10.0 Å². The zero-order valence-electron chi connectivity index (χ0n) is 13.0. The highest BCUT2D eigenvalue weighted by Crippen LogP contribution is 2.38. The summed E-state index contributed by atoms with van der Waals surface area (Å²) in [6, 6.07) is 20.8. The lowest BCUT2D eigenvalue weighted by Crippen LogP contribution is -2.02. The summed E-state index contributed by atoms with van der Waals surface area (Å²) < 4.78 is 3.69. The monoisotopic (exact) mass is 389 g/mol. The first-order chi connectivity index (χ1) is 12.1. The van der Waals surface area contributed by atoms with Gasteiger partial charge in [-0.25, -0.2) is 4.79 Å². The van der Waals surface area contributed by atoms with E-state index in [0.29, 0.717) is 10.0 Å². The molecule has 3 nitrogen and oxygen atoms in total. The van der Waals surface area contributed by atoms with Gasteiger partial charge in [0.15, 0.2) is 0 Å². The van der Waals surface area contributed by atoms with E-state index in [1.165, 1.54) is 0 Å². The van der Waals surface area contributed by atoms with Crippen LogP contribution in [0.15, 0.2) is 71.5 Å². The number of rotatable bonds is 3. The fraction of sp³-hybridized carbons (Fsp3) is 0. The first kappa shape index (κ1) is 17.8. The summed E-state index contributed by atoms with van der Waals surface area (Å²) in [5.41, 5.74) is 3.49. The molecule has 3 aromatic rings. The molecule has 3 rings (SSSR count). The Morgan fingerprint density at radius 1 is 0.800 bits per heavy atom. The van der Waals surface area contributed by atoms with Crippen LogP contribution in [-0.2, 0) is 0 Å². The Hall–Kier alpha value is -2.06. The third-order valence-corrected chi connectivity index (χ3v) is 5.49. The Labute approximate surface area is 156 Å². The minimum absolute atomic E-state index is 0.595.